The number of hydrogen-bond acceptors (Lipinski definition) is 4. The molecule has 2 aromatic carbocycles. The number of benzene rings is 2. The number of hydrogen-bond donors (Lipinski definition) is 1. The molecule has 0 aliphatic rings. The minimum atomic E-state index is -0.437. The lowest BCUT2D eigenvalue weighted by Crippen LogP contribution is -2.21. The lowest BCUT2D eigenvalue weighted by molar-refractivity contribution is -0.108. The number of carbonyl (C=O) groups excluding carboxylic acids is 2. The average Bonchev–Trinajstić information content (AvgIpc) is 2.39. The highest BCUT2D eigenvalue weighted by Crippen LogP contribution is 2.30. The summed E-state index contributed by atoms with van der Waals surface area (Å²) in [6.07, 6.45) is 2.17. The maximum Gasteiger partial charge on any atom is 0.258 e. The molecule has 0 spiro atoms. The minimum absolute atomic E-state index is 0.374. The standard InChI is InChI=1S/C13H11NO3S/c1-18-17-11-7-3-5-9-4-2-6-10(12(9)11)13(16)14-8-15/h2-8H,1H3,(H,14,15,16). The van der Waals surface area contributed by atoms with Gasteiger partial charge in [0.15, 0.2) is 0 Å². The molecule has 0 aliphatic heterocycles. The normalized spacial score (nSPS) is 10.1. The van der Waals surface area contributed by atoms with E-state index in [1.807, 2.05) is 18.2 Å². The lowest BCUT2D eigenvalue weighted by atomic mass is 10.0. The van der Waals surface area contributed by atoms with Gasteiger partial charge in [-0.3, -0.25) is 14.9 Å². The second-order valence-corrected chi connectivity index (χ2v) is 4.00. The summed E-state index contributed by atoms with van der Waals surface area (Å²) in [6, 6.07) is 10.9. The molecule has 0 saturated heterocycles. The quantitative estimate of drug-likeness (QED) is 0.678. The first kappa shape index (κ1) is 12.4. The molecule has 92 valence electrons. The van der Waals surface area contributed by atoms with Crippen LogP contribution in [0.25, 0.3) is 10.8 Å². The van der Waals surface area contributed by atoms with Crippen LogP contribution in [0.3, 0.4) is 0 Å². The maximum atomic E-state index is 11.8. The zero-order valence-electron chi connectivity index (χ0n) is 9.67. The Balaban J connectivity index is 2.65. The van der Waals surface area contributed by atoms with Crippen LogP contribution in [0.5, 0.6) is 5.75 Å². The third-order valence-corrected chi connectivity index (χ3v) is 2.82. The molecule has 0 radical (unpaired) electrons. The number of imide groups is 1. The summed E-state index contributed by atoms with van der Waals surface area (Å²) < 4.78 is 5.44. The van der Waals surface area contributed by atoms with Crippen molar-refractivity contribution in [3.8, 4) is 5.75 Å². The van der Waals surface area contributed by atoms with Crippen molar-refractivity contribution < 1.29 is 13.8 Å². The van der Waals surface area contributed by atoms with E-state index in [0.717, 1.165) is 5.39 Å². The Bertz CT molecular complexity index is 593. The fourth-order valence-electron chi connectivity index (χ4n) is 1.79. The van der Waals surface area contributed by atoms with Crippen LogP contribution in [0.4, 0.5) is 0 Å². The van der Waals surface area contributed by atoms with Crippen LogP contribution < -0.4 is 9.50 Å². The van der Waals surface area contributed by atoms with Crippen molar-refractivity contribution >= 4 is 35.1 Å². The van der Waals surface area contributed by atoms with Crippen molar-refractivity contribution in [1.29, 1.82) is 0 Å². The van der Waals surface area contributed by atoms with E-state index in [1.165, 1.54) is 12.0 Å². The van der Waals surface area contributed by atoms with E-state index in [0.29, 0.717) is 23.1 Å². The molecule has 0 saturated carbocycles. The summed E-state index contributed by atoms with van der Waals surface area (Å²) >= 11 is 1.20. The van der Waals surface area contributed by atoms with Gasteiger partial charge in [-0.15, -0.1) is 0 Å². The second-order valence-electron chi connectivity index (χ2n) is 3.50. The molecule has 0 bridgehead atoms. The monoisotopic (exact) mass is 261 g/mol. The van der Waals surface area contributed by atoms with E-state index in [4.69, 9.17) is 4.18 Å². The molecule has 0 heterocycles. The van der Waals surface area contributed by atoms with Crippen LogP contribution in [0, 0.1) is 0 Å². The molecule has 0 aromatic heterocycles. The van der Waals surface area contributed by atoms with Crippen molar-refractivity contribution in [2.24, 2.45) is 0 Å². The van der Waals surface area contributed by atoms with Gasteiger partial charge in [0.25, 0.3) is 5.91 Å². The fourth-order valence-corrected chi connectivity index (χ4v) is 2.10. The first-order valence-corrected chi connectivity index (χ1v) is 6.40. The van der Waals surface area contributed by atoms with Crippen molar-refractivity contribution in [1.82, 2.24) is 5.32 Å². The van der Waals surface area contributed by atoms with Gasteiger partial charge in [-0.2, -0.15) is 0 Å². The van der Waals surface area contributed by atoms with Gasteiger partial charge in [0.1, 0.15) is 5.75 Å². The summed E-state index contributed by atoms with van der Waals surface area (Å²) in [7, 11) is 0. The third-order valence-electron chi connectivity index (χ3n) is 2.47. The predicted octanol–water partition coefficient (Wildman–Crippen LogP) is 2.38. The molecule has 2 rings (SSSR count). The Morgan fingerprint density at radius 2 is 2.00 bits per heavy atom. The summed E-state index contributed by atoms with van der Waals surface area (Å²) in [5.41, 5.74) is 0.421. The zero-order valence-corrected chi connectivity index (χ0v) is 10.5. The van der Waals surface area contributed by atoms with Gasteiger partial charge >= 0.3 is 0 Å². The summed E-state index contributed by atoms with van der Waals surface area (Å²) in [5.74, 6) is 0.171. The van der Waals surface area contributed by atoms with E-state index in [-0.39, 0.29) is 0 Å². The van der Waals surface area contributed by atoms with E-state index in [2.05, 4.69) is 5.32 Å². The topological polar surface area (TPSA) is 55.4 Å². The third kappa shape index (κ3) is 2.31. The van der Waals surface area contributed by atoms with E-state index in [9.17, 15) is 9.59 Å². The summed E-state index contributed by atoms with van der Waals surface area (Å²) in [6.45, 7) is 0. The molecule has 5 heteroatoms. The van der Waals surface area contributed by atoms with Crippen molar-refractivity contribution in [3.63, 3.8) is 0 Å². The Morgan fingerprint density at radius 1 is 1.28 bits per heavy atom. The molecular formula is C13H11NO3S. The minimum Gasteiger partial charge on any atom is -0.425 e. The van der Waals surface area contributed by atoms with Crippen LogP contribution in [-0.4, -0.2) is 18.6 Å². The highest BCUT2D eigenvalue weighted by atomic mass is 32.2. The van der Waals surface area contributed by atoms with Gasteiger partial charge in [-0.25, -0.2) is 0 Å². The van der Waals surface area contributed by atoms with Crippen LogP contribution >= 0.6 is 12.0 Å². The predicted molar refractivity (Wildman–Crippen MR) is 71.6 cm³/mol. The Labute approximate surface area is 109 Å². The van der Waals surface area contributed by atoms with Gasteiger partial charge in [0.2, 0.25) is 6.41 Å². The number of fused-ring (bicyclic) bond motifs is 1. The first-order chi connectivity index (χ1) is 8.77. The van der Waals surface area contributed by atoms with E-state index >= 15 is 0 Å². The van der Waals surface area contributed by atoms with Crippen molar-refractivity contribution in [3.05, 3.63) is 42.0 Å². The van der Waals surface area contributed by atoms with Crippen molar-refractivity contribution in [2.75, 3.05) is 6.26 Å². The highest BCUT2D eigenvalue weighted by Gasteiger charge is 2.13. The van der Waals surface area contributed by atoms with Crippen LogP contribution in [-0.2, 0) is 4.79 Å². The second kappa shape index (κ2) is 5.55. The maximum absolute atomic E-state index is 11.8. The molecule has 0 fully saturated rings. The number of rotatable bonds is 4. The Hall–Kier alpha value is -2.01. The number of carbonyl (C=O) groups is 2. The van der Waals surface area contributed by atoms with Gasteiger partial charge < -0.3 is 4.18 Å². The Kier molecular flexibility index (Phi) is 3.84. The van der Waals surface area contributed by atoms with Gasteiger partial charge in [-0.1, -0.05) is 24.3 Å². The van der Waals surface area contributed by atoms with Gasteiger partial charge in [-0.05, 0) is 17.5 Å². The van der Waals surface area contributed by atoms with E-state index < -0.39 is 5.91 Å². The average molecular weight is 261 g/mol. The molecule has 2 amide bonds. The molecule has 0 aliphatic carbocycles. The zero-order chi connectivity index (χ0) is 13.0. The smallest absolute Gasteiger partial charge is 0.258 e. The van der Waals surface area contributed by atoms with E-state index in [1.54, 1.807) is 24.5 Å². The lowest BCUT2D eigenvalue weighted by Gasteiger charge is -2.09. The number of nitrogens with one attached hydrogen (secondary N) is 1. The van der Waals surface area contributed by atoms with Crippen LogP contribution in [0.2, 0.25) is 0 Å². The molecule has 0 unspecified atom stereocenters. The Morgan fingerprint density at radius 3 is 2.67 bits per heavy atom. The summed E-state index contributed by atoms with van der Waals surface area (Å²) in [5, 5.41) is 3.73. The molecule has 4 nitrogen and oxygen atoms in total. The molecule has 1 N–H and O–H groups in total. The number of amides is 2. The molecule has 2 aromatic rings. The summed E-state index contributed by atoms with van der Waals surface area (Å²) in [4.78, 5) is 22.2. The largest absolute Gasteiger partial charge is 0.425 e. The fraction of sp³-hybridized carbons (Fsp3) is 0.0769. The molecule has 0 atom stereocenters. The van der Waals surface area contributed by atoms with Gasteiger partial charge in [0.05, 0.1) is 17.6 Å². The van der Waals surface area contributed by atoms with Crippen LogP contribution in [0.15, 0.2) is 36.4 Å². The van der Waals surface area contributed by atoms with Gasteiger partial charge in [0, 0.05) is 11.6 Å². The molecule has 18 heavy (non-hydrogen) atoms. The first-order valence-electron chi connectivity index (χ1n) is 5.25. The SMILES string of the molecule is CSOc1cccc2cccc(C(=O)NC=O)c12. The van der Waals surface area contributed by atoms with Crippen molar-refractivity contribution in [2.45, 2.75) is 0 Å². The highest BCUT2D eigenvalue weighted by molar-refractivity contribution is 7.94. The van der Waals surface area contributed by atoms with Crippen LogP contribution in [0.1, 0.15) is 10.4 Å². The molecular weight excluding hydrogens is 250 g/mol.